The van der Waals surface area contributed by atoms with E-state index in [0.29, 0.717) is 30.0 Å². The molecule has 1 aliphatic rings. The van der Waals surface area contributed by atoms with E-state index in [0.717, 1.165) is 0 Å². The van der Waals surface area contributed by atoms with E-state index in [4.69, 9.17) is 9.63 Å². The van der Waals surface area contributed by atoms with E-state index in [9.17, 15) is 9.59 Å². The third kappa shape index (κ3) is 2.47. The molecule has 1 saturated heterocycles. The number of carboxylic acid groups (broad SMARTS) is 1. The standard InChI is InChI=1S/C13H18N2O4/c1-7(2)11-10(8(3)14-19-11)12(16)15-5-4-9(6-15)13(17)18/h7,9H,4-6H2,1-3H3,(H,17,18). The molecule has 0 aromatic carbocycles. The average molecular weight is 266 g/mol. The summed E-state index contributed by atoms with van der Waals surface area (Å²) in [7, 11) is 0. The lowest BCUT2D eigenvalue weighted by molar-refractivity contribution is -0.141. The largest absolute Gasteiger partial charge is 0.481 e. The number of aryl methyl sites for hydroxylation is 1. The highest BCUT2D eigenvalue weighted by atomic mass is 16.5. The van der Waals surface area contributed by atoms with Gasteiger partial charge in [-0.25, -0.2) is 0 Å². The SMILES string of the molecule is Cc1noc(C(C)C)c1C(=O)N1CCC(C(=O)O)C1. The van der Waals surface area contributed by atoms with Crippen LogP contribution in [0.15, 0.2) is 4.52 Å². The number of likely N-dealkylation sites (tertiary alicyclic amines) is 1. The number of carboxylic acids is 1. The molecule has 6 nitrogen and oxygen atoms in total. The summed E-state index contributed by atoms with van der Waals surface area (Å²) in [4.78, 5) is 25.0. The van der Waals surface area contributed by atoms with Crippen molar-refractivity contribution in [2.75, 3.05) is 13.1 Å². The number of aliphatic carboxylic acids is 1. The molecule has 0 saturated carbocycles. The van der Waals surface area contributed by atoms with Gasteiger partial charge in [-0.2, -0.15) is 0 Å². The topological polar surface area (TPSA) is 83.6 Å². The van der Waals surface area contributed by atoms with E-state index in [2.05, 4.69) is 5.16 Å². The summed E-state index contributed by atoms with van der Waals surface area (Å²) in [6.07, 6.45) is 0.502. The van der Waals surface area contributed by atoms with E-state index in [1.165, 1.54) is 0 Å². The van der Waals surface area contributed by atoms with Crippen LogP contribution < -0.4 is 0 Å². The van der Waals surface area contributed by atoms with Gasteiger partial charge in [0.1, 0.15) is 5.56 Å². The molecule has 1 N–H and O–H groups in total. The molecule has 0 spiro atoms. The summed E-state index contributed by atoms with van der Waals surface area (Å²) in [5.41, 5.74) is 1.05. The summed E-state index contributed by atoms with van der Waals surface area (Å²) in [5.74, 6) is -0.849. The number of carbonyl (C=O) groups is 2. The fraction of sp³-hybridized carbons (Fsp3) is 0.615. The van der Waals surface area contributed by atoms with Crippen LogP contribution >= 0.6 is 0 Å². The van der Waals surface area contributed by atoms with E-state index in [1.807, 2.05) is 13.8 Å². The normalized spacial score (nSPS) is 19.2. The molecule has 104 valence electrons. The monoisotopic (exact) mass is 266 g/mol. The number of hydrogen-bond acceptors (Lipinski definition) is 4. The van der Waals surface area contributed by atoms with Crippen LogP contribution in [0.5, 0.6) is 0 Å². The second kappa shape index (κ2) is 5.03. The molecule has 0 aliphatic carbocycles. The summed E-state index contributed by atoms with van der Waals surface area (Å²) >= 11 is 0. The van der Waals surface area contributed by atoms with Gasteiger partial charge < -0.3 is 14.5 Å². The summed E-state index contributed by atoms with van der Waals surface area (Å²) in [6.45, 7) is 6.32. The van der Waals surface area contributed by atoms with Gasteiger partial charge >= 0.3 is 5.97 Å². The molecule has 2 heterocycles. The van der Waals surface area contributed by atoms with Crippen molar-refractivity contribution in [3.63, 3.8) is 0 Å². The molecule has 1 unspecified atom stereocenters. The second-order valence-corrected chi connectivity index (χ2v) is 5.24. The van der Waals surface area contributed by atoms with E-state index in [1.54, 1.807) is 11.8 Å². The van der Waals surface area contributed by atoms with Crippen molar-refractivity contribution in [1.29, 1.82) is 0 Å². The zero-order chi connectivity index (χ0) is 14.2. The van der Waals surface area contributed by atoms with Crippen LogP contribution in [0.4, 0.5) is 0 Å². The number of hydrogen-bond donors (Lipinski definition) is 1. The lowest BCUT2D eigenvalue weighted by Crippen LogP contribution is -2.30. The molecule has 1 atom stereocenters. The van der Waals surface area contributed by atoms with Crippen LogP contribution in [0.2, 0.25) is 0 Å². The fourth-order valence-corrected chi connectivity index (χ4v) is 2.35. The minimum absolute atomic E-state index is 0.0676. The van der Waals surface area contributed by atoms with Gasteiger partial charge in [-0.05, 0) is 13.3 Å². The Bertz CT molecular complexity index is 507. The number of rotatable bonds is 3. The average Bonchev–Trinajstić information content (AvgIpc) is 2.94. The van der Waals surface area contributed by atoms with Crippen molar-refractivity contribution >= 4 is 11.9 Å². The minimum Gasteiger partial charge on any atom is -0.481 e. The zero-order valence-electron chi connectivity index (χ0n) is 11.3. The Balaban J connectivity index is 2.21. The molecule has 1 aromatic rings. The second-order valence-electron chi connectivity index (χ2n) is 5.24. The van der Waals surface area contributed by atoms with Gasteiger partial charge in [0, 0.05) is 19.0 Å². The maximum absolute atomic E-state index is 12.5. The van der Waals surface area contributed by atoms with E-state index in [-0.39, 0.29) is 18.4 Å². The Morgan fingerprint density at radius 3 is 2.68 bits per heavy atom. The highest BCUT2D eigenvalue weighted by Crippen LogP contribution is 2.26. The van der Waals surface area contributed by atoms with Gasteiger partial charge in [0.05, 0.1) is 11.6 Å². The predicted octanol–water partition coefficient (Wildman–Crippen LogP) is 1.65. The van der Waals surface area contributed by atoms with Crippen LogP contribution in [0.1, 0.15) is 48.0 Å². The maximum atomic E-state index is 12.5. The van der Waals surface area contributed by atoms with E-state index >= 15 is 0 Å². The van der Waals surface area contributed by atoms with Crippen molar-refractivity contribution in [2.45, 2.75) is 33.1 Å². The van der Waals surface area contributed by atoms with Gasteiger partial charge in [-0.15, -0.1) is 0 Å². The maximum Gasteiger partial charge on any atom is 0.308 e. The van der Waals surface area contributed by atoms with Gasteiger partial charge in [-0.3, -0.25) is 9.59 Å². The van der Waals surface area contributed by atoms with Crippen LogP contribution in [0, 0.1) is 12.8 Å². The number of carbonyl (C=O) groups excluding carboxylic acids is 1. The lowest BCUT2D eigenvalue weighted by Gasteiger charge is -2.16. The smallest absolute Gasteiger partial charge is 0.308 e. The number of nitrogens with zero attached hydrogens (tertiary/aromatic N) is 2. The van der Waals surface area contributed by atoms with Crippen molar-refractivity contribution < 1.29 is 19.2 Å². The molecule has 1 aromatic heterocycles. The first kappa shape index (κ1) is 13.6. The highest BCUT2D eigenvalue weighted by Gasteiger charge is 2.34. The molecule has 6 heteroatoms. The van der Waals surface area contributed by atoms with Crippen LogP contribution in [-0.2, 0) is 4.79 Å². The Kier molecular flexibility index (Phi) is 3.59. The van der Waals surface area contributed by atoms with Crippen LogP contribution in [0.25, 0.3) is 0 Å². The van der Waals surface area contributed by atoms with Crippen LogP contribution in [-0.4, -0.2) is 40.1 Å². The van der Waals surface area contributed by atoms with Crippen molar-refractivity contribution in [3.05, 3.63) is 17.0 Å². The van der Waals surface area contributed by atoms with Crippen molar-refractivity contribution in [2.24, 2.45) is 5.92 Å². The molecule has 1 amide bonds. The first-order valence-corrected chi connectivity index (χ1v) is 6.40. The first-order chi connectivity index (χ1) is 8.91. The number of amides is 1. The Morgan fingerprint density at radius 1 is 1.47 bits per heavy atom. The molecular formula is C13H18N2O4. The molecular weight excluding hydrogens is 248 g/mol. The third-order valence-electron chi connectivity index (χ3n) is 3.45. The Morgan fingerprint density at radius 2 is 2.16 bits per heavy atom. The Labute approximate surface area is 111 Å². The molecule has 1 aliphatic heterocycles. The summed E-state index contributed by atoms with van der Waals surface area (Å²) < 4.78 is 5.20. The van der Waals surface area contributed by atoms with Gasteiger partial charge in [0.25, 0.3) is 5.91 Å². The number of aromatic nitrogens is 1. The fourth-order valence-electron chi connectivity index (χ4n) is 2.35. The van der Waals surface area contributed by atoms with Crippen molar-refractivity contribution in [3.8, 4) is 0 Å². The molecule has 1 fully saturated rings. The molecule has 0 radical (unpaired) electrons. The summed E-state index contributed by atoms with van der Waals surface area (Å²) in [6, 6.07) is 0. The quantitative estimate of drug-likeness (QED) is 0.899. The summed E-state index contributed by atoms with van der Waals surface area (Å²) in [5, 5.41) is 12.8. The molecule has 19 heavy (non-hydrogen) atoms. The van der Waals surface area contributed by atoms with E-state index < -0.39 is 11.9 Å². The van der Waals surface area contributed by atoms with Crippen LogP contribution in [0.3, 0.4) is 0 Å². The van der Waals surface area contributed by atoms with Crippen molar-refractivity contribution in [1.82, 2.24) is 10.1 Å². The van der Waals surface area contributed by atoms with Gasteiger partial charge in [-0.1, -0.05) is 19.0 Å². The Hall–Kier alpha value is -1.85. The minimum atomic E-state index is -0.846. The third-order valence-corrected chi connectivity index (χ3v) is 3.45. The zero-order valence-corrected chi connectivity index (χ0v) is 11.3. The predicted molar refractivity (Wildman–Crippen MR) is 67.0 cm³/mol. The molecule has 2 rings (SSSR count). The first-order valence-electron chi connectivity index (χ1n) is 6.40. The van der Waals surface area contributed by atoms with Gasteiger partial charge in [0.2, 0.25) is 0 Å². The molecule has 0 bridgehead atoms. The lowest BCUT2D eigenvalue weighted by atomic mass is 10.0. The highest BCUT2D eigenvalue weighted by molar-refractivity contribution is 5.96. The van der Waals surface area contributed by atoms with Gasteiger partial charge in [0.15, 0.2) is 5.76 Å².